The van der Waals surface area contributed by atoms with Crippen molar-refractivity contribution in [2.75, 3.05) is 26.7 Å². The van der Waals surface area contributed by atoms with Crippen molar-refractivity contribution >= 4 is 5.91 Å². The summed E-state index contributed by atoms with van der Waals surface area (Å²) in [5.74, 6) is 1.14. The van der Waals surface area contributed by atoms with Crippen molar-refractivity contribution in [2.45, 2.75) is 32.6 Å². The Hall–Kier alpha value is -0.570. The van der Waals surface area contributed by atoms with Gasteiger partial charge in [0.2, 0.25) is 5.91 Å². The summed E-state index contributed by atoms with van der Waals surface area (Å²) in [4.78, 5) is 13.7. The molecule has 0 aromatic rings. The van der Waals surface area contributed by atoms with E-state index < -0.39 is 0 Å². The standard InChI is InChI=1S/C11H22N2O/c1-10-5-8-13(9-6-10)11(14)4-3-7-12-2/h10,12H,3-9H2,1-2H3. The van der Waals surface area contributed by atoms with Gasteiger partial charge in [-0.1, -0.05) is 6.92 Å². The van der Waals surface area contributed by atoms with Crippen LogP contribution in [0.25, 0.3) is 0 Å². The Labute approximate surface area is 86.9 Å². The minimum atomic E-state index is 0.340. The molecule has 0 spiro atoms. The van der Waals surface area contributed by atoms with E-state index in [9.17, 15) is 4.79 Å². The van der Waals surface area contributed by atoms with Crippen LogP contribution in [0.4, 0.5) is 0 Å². The Morgan fingerprint density at radius 3 is 2.64 bits per heavy atom. The zero-order valence-electron chi connectivity index (χ0n) is 9.38. The lowest BCUT2D eigenvalue weighted by Crippen LogP contribution is -2.38. The van der Waals surface area contributed by atoms with Crippen molar-refractivity contribution in [1.29, 1.82) is 0 Å². The zero-order chi connectivity index (χ0) is 10.4. The maximum Gasteiger partial charge on any atom is 0.222 e. The smallest absolute Gasteiger partial charge is 0.222 e. The Bertz CT molecular complexity index is 174. The summed E-state index contributed by atoms with van der Waals surface area (Å²) >= 11 is 0. The molecule has 0 atom stereocenters. The van der Waals surface area contributed by atoms with E-state index in [1.165, 1.54) is 12.8 Å². The molecule has 0 aromatic heterocycles. The van der Waals surface area contributed by atoms with E-state index in [0.717, 1.165) is 32.0 Å². The highest BCUT2D eigenvalue weighted by Gasteiger charge is 2.19. The van der Waals surface area contributed by atoms with Crippen LogP contribution >= 0.6 is 0 Å². The number of rotatable bonds is 4. The summed E-state index contributed by atoms with van der Waals surface area (Å²) in [6.07, 6.45) is 4.02. The fraction of sp³-hybridized carbons (Fsp3) is 0.909. The normalized spacial score (nSPS) is 18.6. The molecule has 1 amide bonds. The molecule has 0 aliphatic carbocycles. The van der Waals surface area contributed by atoms with Crippen molar-refractivity contribution < 1.29 is 4.79 Å². The molecule has 1 heterocycles. The van der Waals surface area contributed by atoms with Gasteiger partial charge >= 0.3 is 0 Å². The first-order chi connectivity index (χ1) is 6.74. The molecule has 0 aromatic carbocycles. The lowest BCUT2D eigenvalue weighted by atomic mass is 9.99. The van der Waals surface area contributed by atoms with Gasteiger partial charge in [0, 0.05) is 19.5 Å². The van der Waals surface area contributed by atoms with E-state index in [0.29, 0.717) is 12.3 Å². The first kappa shape index (κ1) is 11.5. The van der Waals surface area contributed by atoms with Crippen molar-refractivity contribution in [3.8, 4) is 0 Å². The largest absolute Gasteiger partial charge is 0.343 e. The summed E-state index contributed by atoms with van der Waals surface area (Å²) in [5, 5.41) is 3.06. The van der Waals surface area contributed by atoms with Crippen LogP contribution in [0.2, 0.25) is 0 Å². The number of nitrogens with zero attached hydrogens (tertiary/aromatic N) is 1. The summed E-state index contributed by atoms with van der Waals surface area (Å²) in [6.45, 7) is 5.15. The van der Waals surface area contributed by atoms with E-state index in [2.05, 4.69) is 12.2 Å². The number of piperidine rings is 1. The number of hydrogen-bond donors (Lipinski definition) is 1. The molecule has 14 heavy (non-hydrogen) atoms. The van der Waals surface area contributed by atoms with Crippen LogP contribution in [0, 0.1) is 5.92 Å². The van der Waals surface area contributed by atoms with Crippen molar-refractivity contribution in [3.05, 3.63) is 0 Å². The highest BCUT2D eigenvalue weighted by molar-refractivity contribution is 5.76. The number of likely N-dealkylation sites (tertiary alicyclic amines) is 1. The Balaban J connectivity index is 2.17. The number of hydrogen-bond acceptors (Lipinski definition) is 2. The second kappa shape index (κ2) is 6.02. The molecule has 3 heteroatoms. The van der Waals surface area contributed by atoms with Crippen LogP contribution in [0.3, 0.4) is 0 Å². The molecule has 1 rings (SSSR count). The average Bonchev–Trinajstić information content (AvgIpc) is 2.19. The summed E-state index contributed by atoms with van der Waals surface area (Å²) < 4.78 is 0. The Morgan fingerprint density at radius 2 is 2.07 bits per heavy atom. The first-order valence-electron chi connectivity index (χ1n) is 5.66. The number of nitrogens with one attached hydrogen (secondary N) is 1. The van der Waals surface area contributed by atoms with E-state index >= 15 is 0 Å². The highest BCUT2D eigenvalue weighted by Crippen LogP contribution is 2.16. The van der Waals surface area contributed by atoms with E-state index in [4.69, 9.17) is 0 Å². The van der Waals surface area contributed by atoms with Crippen LogP contribution in [0.1, 0.15) is 32.6 Å². The molecule has 0 unspecified atom stereocenters. The fourth-order valence-electron chi connectivity index (χ4n) is 1.83. The minimum Gasteiger partial charge on any atom is -0.343 e. The molecule has 1 aliphatic rings. The van der Waals surface area contributed by atoms with Gasteiger partial charge in [-0.3, -0.25) is 4.79 Å². The second-order valence-electron chi connectivity index (χ2n) is 4.27. The highest BCUT2D eigenvalue weighted by atomic mass is 16.2. The number of carbonyl (C=O) groups excluding carboxylic acids is 1. The van der Waals surface area contributed by atoms with Gasteiger partial charge in [0.1, 0.15) is 0 Å². The predicted octanol–water partition coefficient (Wildman–Crippen LogP) is 1.24. The summed E-state index contributed by atoms with van der Waals surface area (Å²) in [5.41, 5.74) is 0. The zero-order valence-corrected chi connectivity index (χ0v) is 9.38. The quantitative estimate of drug-likeness (QED) is 0.689. The lowest BCUT2D eigenvalue weighted by molar-refractivity contribution is -0.132. The Morgan fingerprint density at radius 1 is 1.43 bits per heavy atom. The van der Waals surface area contributed by atoms with Gasteiger partial charge in [-0.05, 0) is 38.8 Å². The molecule has 1 saturated heterocycles. The maximum absolute atomic E-state index is 11.7. The summed E-state index contributed by atoms with van der Waals surface area (Å²) in [6, 6.07) is 0. The number of carbonyl (C=O) groups is 1. The number of amides is 1. The van der Waals surface area contributed by atoms with Gasteiger partial charge in [0.05, 0.1) is 0 Å². The predicted molar refractivity (Wildman–Crippen MR) is 58.1 cm³/mol. The topological polar surface area (TPSA) is 32.3 Å². The lowest BCUT2D eigenvalue weighted by Gasteiger charge is -2.30. The van der Waals surface area contributed by atoms with E-state index in [-0.39, 0.29) is 0 Å². The fourth-order valence-corrected chi connectivity index (χ4v) is 1.83. The third-order valence-electron chi connectivity index (χ3n) is 2.95. The molecule has 1 fully saturated rings. The second-order valence-corrected chi connectivity index (χ2v) is 4.27. The van der Waals surface area contributed by atoms with Crippen LogP contribution in [-0.2, 0) is 4.79 Å². The summed E-state index contributed by atoms with van der Waals surface area (Å²) in [7, 11) is 1.92. The van der Waals surface area contributed by atoms with Crippen LogP contribution in [0.15, 0.2) is 0 Å². The SMILES string of the molecule is CNCCCC(=O)N1CCC(C)CC1. The van der Waals surface area contributed by atoms with Gasteiger partial charge in [-0.25, -0.2) is 0 Å². The molecule has 1 N–H and O–H groups in total. The molecule has 3 nitrogen and oxygen atoms in total. The van der Waals surface area contributed by atoms with Crippen LogP contribution in [0.5, 0.6) is 0 Å². The van der Waals surface area contributed by atoms with Gasteiger partial charge in [0.25, 0.3) is 0 Å². The molecular formula is C11H22N2O. The van der Waals surface area contributed by atoms with Crippen molar-refractivity contribution in [3.63, 3.8) is 0 Å². The van der Waals surface area contributed by atoms with Crippen molar-refractivity contribution in [1.82, 2.24) is 10.2 Å². The molecular weight excluding hydrogens is 176 g/mol. The average molecular weight is 198 g/mol. The molecule has 82 valence electrons. The monoisotopic (exact) mass is 198 g/mol. The minimum absolute atomic E-state index is 0.340. The molecule has 1 aliphatic heterocycles. The van der Waals surface area contributed by atoms with Gasteiger partial charge in [-0.2, -0.15) is 0 Å². The van der Waals surface area contributed by atoms with Gasteiger partial charge in [0.15, 0.2) is 0 Å². The third kappa shape index (κ3) is 3.66. The third-order valence-corrected chi connectivity index (χ3v) is 2.95. The first-order valence-corrected chi connectivity index (χ1v) is 5.66. The van der Waals surface area contributed by atoms with E-state index in [1.807, 2.05) is 11.9 Å². The van der Waals surface area contributed by atoms with Gasteiger partial charge in [-0.15, -0.1) is 0 Å². The maximum atomic E-state index is 11.7. The van der Waals surface area contributed by atoms with Crippen molar-refractivity contribution in [2.24, 2.45) is 5.92 Å². The van der Waals surface area contributed by atoms with E-state index in [1.54, 1.807) is 0 Å². The van der Waals surface area contributed by atoms with Crippen LogP contribution < -0.4 is 5.32 Å². The van der Waals surface area contributed by atoms with Gasteiger partial charge < -0.3 is 10.2 Å². The molecule has 0 saturated carbocycles. The molecule has 0 bridgehead atoms. The van der Waals surface area contributed by atoms with Crippen LogP contribution in [-0.4, -0.2) is 37.5 Å². The molecule has 0 radical (unpaired) electrons. The Kier molecular flexibility index (Phi) is 4.94.